The number of likely N-dealkylation sites (N-methyl/N-ethyl adjacent to an activating group) is 1. The van der Waals surface area contributed by atoms with Crippen molar-refractivity contribution in [3.8, 4) is 5.75 Å². The molecule has 1 saturated heterocycles. The molecule has 1 fully saturated rings. The lowest BCUT2D eigenvalue weighted by atomic mass is 9.97. The number of hydrogen-bond donors (Lipinski definition) is 0. The Labute approximate surface area is 153 Å². The van der Waals surface area contributed by atoms with Crippen LogP contribution >= 0.6 is 0 Å². The molecule has 26 heavy (non-hydrogen) atoms. The number of benzene rings is 1. The number of esters is 1. The molecule has 0 aromatic heterocycles. The molecule has 7 heteroatoms. The fourth-order valence-electron chi connectivity index (χ4n) is 2.88. The van der Waals surface area contributed by atoms with Crippen LogP contribution < -0.4 is 4.74 Å². The van der Waals surface area contributed by atoms with E-state index < -0.39 is 0 Å². The summed E-state index contributed by atoms with van der Waals surface area (Å²) in [4.78, 5) is 27.8. The van der Waals surface area contributed by atoms with E-state index in [9.17, 15) is 14.0 Å². The van der Waals surface area contributed by atoms with Crippen molar-refractivity contribution in [2.45, 2.75) is 19.8 Å². The van der Waals surface area contributed by atoms with Crippen LogP contribution in [-0.2, 0) is 14.3 Å². The second-order valence-corrected chi connectivity index (χ2v) is 6.45. The van der Waals surface area contributed by atoms with E-state index in [1.165, 1.54) is 12.1 Å². The van der Waals surface area contributed by atoms with Gasteiger partial charge in [0.15, 0.2) is 0 Å². The van der Waals surface area contributed by atoms with Crippen molar-refractivity contribution in [3.63, 3.8) is 0 Å². The van der Waals surface area contributed by atoms with Gasteiger partial charge in [-0.05, 0) is 51.1 Å². The fourth-order valence-corrected chi connectivity index (χ4v) is 2.88. The maximum absolute atomic E-state index is 12.8. The van der Waals surface area contributed by atoms with Crippen molar-refractivity contribution >= 4 is 11.9 Å². The van der Waals surface area contributed by atoms with E-state index in [1.807, 2.05) is 11.9 Å². The minimum atomic E-state index is -0.299. The summed E-state index contributed by atoms with van der Waals surface area (Å²) in [6.07, 6.45) is 1.31. The van der Waals surface area contributed by atoms with Crippen LogP contribution in [0.5, 0.6) is 5.75 Å². The monoisotopic (exact) mass is 366 g/mol. The number of rotatable bonds is 8. The summed E-state index contributed by atoms with van der Waals surface area (Å²) in [5.41, 5.74) is 0. The van der Waals surface area contributed by atoms with Crippen molar-refractivity contribution in [1.29, 1.82) is 0 Å². The van der Waals surface area contributed by atoms with E-state index in [1.54, 1.807) is 24.0 Å². The lowest BCUT2D eigenvalue weighted by molar-refractivity contribution is -0.151. The molecule has 6 nitrogen and oxygen atoms in total. The minimum absolute atomic E-state index is 0.0524. The maximum Gasteiger partial charge on any atom is 0.309 e. The van der Waals surface area contributed by atoms with Crippen LogP contribution in [0.15, 0.2) is 24.3 Å². The summed E-state index contributed by atoms with van der Waals surface area (Å²) in [5.74, 6) is 0.103. The summed E-state index contributed by atoms with van der Waals surface area (Å²) in [6.45, 7) is 4.67. The van der Waals surface area contributed by atoms with Crippen molar-refractivity contribution in [1.82, 2.24) is 9.80 Å². The van der Waals surface area contributed by atoms with E-state index in [-0.39, 0.29) is 23.6 Å². The summed E-state index contributed by atoms with van der Waals surface area (Å²) >= 11 is 0. The number of nitrogens with zero attached hydrogens (tertiary/aromatic N) is 2. The van der Waals surface area contributed by atoms with Gasteiger partial charge in [-0.3, -0.25) is 14.5 Å². The molecule has 0 radical (unpaired) electrons. The Morgan fingerprint density at radius 3 is 2.50 bits per heavy atom. The molecular weight excluding hydrogens is 339 g/mol. The van der Waals surface area contributed by atoms with E-state index >= 15 is 0 Å². The first-order valence-corrected chi connectivity index (χ1v) is 9.01. The average molecular weight is 366 g/mol. The molecule has 1 aliphatic rings. The van der Waals surface area contributed by atoms with Gasteiger partial charge in [-0.15, -0.1) is 0 Å². The third-order valence-electron chi connectivity index (χ3n) is 4.43. The Morgan fingerprint density at radius 1 is 1.23 bits per heavy atom. The summed E-state index contributed by atoms with van der Waals surface area (Å²) in [5, 5.41) is 0. The first-order chi connectivity index (χ1) is 12.5. The average Bonchev–Trinajstić information content (AvgIpc) is 2.63. The van der Waals surface area contributed by atoms with Crippen LogP contribution in [-0.4, -0.2) is 68.1 Å². The molecule has 0 bridgehead atoms. The number of halogens is 1. The smallest absolute Gasteiger partial charge is 0.309 e. The summed E-state index contributed by atoms with van der Waals surface area (Å²) in [6, 6.07) is 5.85. The van der Waals surface area contributed by atoms with Gasteiger partial charge in [0, 0.05) is 19.6 Å². The van der Waals surface area contributed by atoms with E-state index in [0.29, 0.717) is 58.0 Å². The molecule has 0 spiro atoms. The lowest BCUT2D eigenvalue weighted by Gasteiger charge is -2.32. The van der Waals surface area contributed by atoms with Crippen LogP contribution in [0.1, 0.15) is 19.8 Å². The van der Waals surface area contributed by atoms with Crippen molar-refractivity contribution < 1.29 is 23.5 Å². The maximum atomic E-state index is 12.8. The van der Waals surface area contributed by atoms with Gasteiger partial charge in [-0.25, -0.2) is 4.39 Å². The molecule has 0 N–H and O–H groups in total. The predicted molar refractivity (Wildman–Crippen MR) is 95.3 cm³/mol. The normalized spacial score (nSPS) is 15.2. The van der Waals surface area contributed by atoms with Gasteiger partial charge in [-0.1, -0.05) is 0 Å². The highest BCUT2D eigenvalue weighted by Crippen LogP contribution is 2.19. The van der Waals surface area contributed by atoms with Crippen LogP contribution in [0.4, 0.5) is 4.39 Å². The Morgan fingerprint density at radius 2 is 1.88 bits per heavy atom. The highest BCUT2D eigenvalue weighted by Gasteiger charge is 2.28. The topological polar surface area (TPSA) is 59.1 Å². The molecule has 2 rings (SSSR count). The molecule has 1 aromatic carbocycles. The van der Waals surface area contributed by atoms with Crippen LogP contribution in [0.3, 0.4) is 0 Å². The molecule has 144 valence electrons. The summed E-state index contributed by atoms with van der Waals surface area (Å²) in [7, 11) is 1.86. The Bertz CT molecular complexity index is 586. The van der Waals surface area contributed by atoms with Gasteiger partial charge >= 0.3 is 5.97 Å². The van der Waals surface area contributed by atoms with Gasteiger partial charge in [0.2, 0.25) is 5.91 Å². The second-order valence-electron chi connectivity index (χ2n) is 6.45. The predicted octanol–water partition coefficient (Wildman–Crippen LogP) is 1.94. The largest absolute Gasteiger partial charge is 0.492 e. The van der Waals surface area contributed by atoms with E-state index in [0.717, 1.165) is 0 Å². The third-order valence-corrected chi connectivity index (χ3v) is 4.43. The SMILES string of the molecule is CCOC(=O)C1CCN(C(=O)CN(C)CCOc2ccc(F)cc2)CC1. The zero-order valence-electron chi connectivity index (χ0n) is 15.4. The fraction of sp³-hybridized carbons (Fsp3) is 0.579. The molecule has 1 aromatic rings. The number of ether oxygens (including phenoxy) is 2. The van der Waals surface area contributed by atoms with Gasteiger partial charge in [0.05, 0.1) is 19.1 Å². The van der Waals surface area contributed by atoms with Gasteiger partial charge < -0.3 is 14.4 Å². The van der Waals surface area contributed by atoms with Crippen molar-refractivity contribution in [2.75, 3.05) is 46.4 Å². The number of carbonyl (C=O) groups excluding carboxylic acids is 2. The van der Waals surface area contributed by atoms with E-state index in [4.69, 9.17) is 9.47 Å². The van der Waals surface area contributed by atoms with Gasteiger partial charge in [0.1, 0.15) is 18.2 Å². The van der Waals surface area contributed by atoms with Gasteiger partial charge in [-0.2, -0.15) is 0 Å². The standard InChI is InChI=1S/C19H27FN2O4/c1-3-25-19(24)15-8-10-22(11-9-15)18(23)14-21(2)12-13-26-17-6-4-16(20)5-7-17/h4-7,15H,3,8-14H2,1-2H3. The first kappa shape index (κ1) is 20.2. The molecule has 0 unspecified atom stereocenters. The third kappa shape index (κ3) is 6.29. The highest BCUT2D eigenvalue weighted by molar-refractivity contribution is 5.79. The lowest BCUT2D eigenvalue weighted by Crippen LogP contribution is -2.45. The number of hydrogen-bond acceptors (Lipinski definition) is 5. The molecule has 0 aliphatic carbocycles. The number of likely N-dealkylation sites (tertiary alicyclic amines) is 1. The Balaban J connectivity index is 1.65. The number of piperidine rings is 1. The van der Waals surface area contributed by atoms with E-state index in [2.05, 4.69) is 0 Å². The quantitative estimate of drug-likeness (QED) is 0.658. The molecular formula is C19H27FN2O4. The van der Waals surface area contributed by atoms with Crippen molar-refractivity contribution in [2.24, 2.45) is 5.92 Å². The summed E-state index contributed by atoms with van der Waals surface area (Å²) < 4.78 is 23.4. The van der Waals surface area contributed by atoms with Crippen LogP contribution in [0.2, 0.25) is 0 Å². The Hall–Kier alpha value is -2.15. The molecule has 0 saturated carbocycles. The zero-order chi connectivity index (χ0) is 18.9. The highest BCUT2D eigenvalue weighted by atomic mass is 19.1. The molecule has 0 atom stereocenters. The molecule has 1 amide bonds. The number of carbonyl (C=O) groups is 2. The minimum Gasteiger partial charge on any atom is -0.492 e. The van der Waals surface area contributed by atoms with Crippen LogP contribution in [0, 0.1) is 11.7 Å². The van der Waals surface area contributed by atoms with Crippen molar-refractivity contribution in [3.05, 3.63) is 30.1 Å². The van der Waals surface area contributed by atoms with Crippen LogP contribution in [0.25, 0.3) is 0 Å². The number of amides is 1. The van der Waals surface area contributed by atoms with Gasteiger partial charge in [0.25, 0.3) is 0 Å². The molecule has 1 aliphatic heterocycles. The molecule has 1 heterocycles. The zero-order valence-corrected chi connectivity index (χ0v) is 15.4. The Kier molecular flexibility index (Phi) is 7.84. The second kappa shape index (κ2) is 10.1. The first-order valence-electron chi connectivity index (χ1n) is 9.01.